The maximum atomic E-state index is 5.78. The van der Waals surface area contributed by atoms with Gasteiger partial charge in [-0.3, -0.25) is 0 Å². The molecule has 1 atom stereocenters. The summed E-state index contributed by atoms with van der Waals surface area (Å²) in [6, 6.07) is 10.1. The largest absolute Gasteiger partial charge is 0.494 e. The van der Waals surface area contributed by atoms with Gasteiger partial charge >= 0.3 is 0 Å². The molecule has 0 amide bonds. The van der Waals surface area contributed by atoms with Gasteiger partial charge in [0.15, 0.2) is 0 Å². The molecule has 114 valence electrons. The van der Waals surface area contributed by atoms with Gasteiger partial charge in [-0.25, -0.2) is 0 Å². The van der Waals surface area contributed by atoms with Crippen LogP contribution in [0.25, 0.3) is 0 Å². The molecule has 0 aliphatic carbocycles. The summed E-state index contributed by atoms with van der Waals surface area (Å²) in [5, 5.41) is 3.58. The second-order valence-electron chi connectivity index (χ2n) is 6.00. The molecule has 0 saturated heterocycles. The molecule has 0 aliphatic rings. The molecule has 1 N–H and O–H groups in total. The number of nitrogens with one attached hydrogen (secondary N) is 1. The lowest BCUT2D eigenvalue weighted by molar-refractivity contribution is 0.218. The maximum Gasteiger partial charge on any atom is 0.119 e. The lowest BCUT2D eigenvalue weighted by atomic mass is 9.81. The van der Waals surface area contributed by atoms with Crippen LogP contribution in [0.1, 0.15) is 52.9 Å². The SMILES string of the molecule is CCCNCC(C)(CCC)CCCOc1ccccc1. The van der Waals surface area contributed by atoms with Crippen LogP contribution in [-0.2, 0) is 0 Å². The third-order valence-corrected chi connectivity index (χ3v) is 3.77. The monoisotopic (exact) mass is 277 g/mol. The Bertz CT molecular complexity index is 339. The molecule has 1 rings (SSSR count). The second-order valence-corrected chi connectivity index (χ2v) is 6.00. The van der Waals surface area contributed by atoms with E-state index in [1.807, 2.05) is 30.3 Å². The molecule has 0 radical (unpaired) electrons. The molecule has 0 bridgehead atoms. The van der Waals surface area contributed by atoms with Crippen LogP contribution in [-0.4, -0.2) is 19.7 Å². The number of rotatable bonds is 11. The summed E-state index contributed by atoms with van der Waals surface area (Å²) in [4.78, 5) is 0. The zero-order valence-corrected chi connectivity index (χ0v) is 13.5. The quantitative estimate of drug-likeness (QED) is 0.594. The van der Waals surface area contributed by atoms with Gasteiger partial charge in [0.25, 0.3) is 0 Å². The number of ether oxygens (including phenoxy) is 1. The molecule has 1 unspecified atom stereocenters. The highest BCUT2D eigenvalue weighted by Crippen LogP contribution is 2.28. The fraction of sp³-hybridized carbons (Fsp3) is 0.667. The van der Waals surface area contributed by atoms with E-state index in [2.05, 4.69) is 26.1 Å². The Balaban J connectivity index is 2.27. The Morgan fingerprint density at radius 2 is 1.80 bits per heavy atom. The molecule has 2 nitrogen and oxygen atoms in total. The van der Waals surface area contributed by atoms with Crippen LogP contribution in [0.2, 0.25) is 0 Å². The first-order chi connectivity index (χ1) is 9.70. The first kappa shape index (κ1) is 17.0. The van der Waals surface area contributed by atoms with Gasteiger partial charge in [0.2, 0.25) is 0 Å². The summed E-state index contributed by atoms with van der Waals surface area (Å²) in [7, 11) is 0. The third kappa shape index (κ3) is 6.95. The van der Waals surface area contributed by atoms with Crippen molar-refractivity contribution in [3.63, 3.8) is 0 Å². The Morgan fingerprint density at radius 1 is 1.05 bits per heavy atom. The molecule has 0 spiro atoms. The van der Waals surface area contributed by atoms with Crippen LogP contribution in [0.4, 0.5) is 0 Å². The average Bonchev–Trinajstić information content (AvgIpc) is 2.45. The van der Waals surface area contributed by atoms with Gasteiger partial charge in [0.1, 0.15) is 5.75 Å². The Morgan fingerprint density at radius 3 is 2.45 bits per heavy atom. The second kappa shape index (κ2) is 9.82. The summed E-state index contributed by atoms with van der Waals surface area (Å²) >= 11 is 0. The minimum atomic E-state index is 0.407. The van der Waals surface area contributed by atoms with E-state index in [9.17, 15) is 0 Å². The molecule has 0 aliphatic heterocycles. The number of para-hydroxylation sites is 1. The molecule has 0 saturated carbocycles. The lowest BCUT2D eigenvalue weighted by Gasteiger charge is -2.30. The van der Waals surface area contributed by atoms with E-state index in [1.54, 1.807) is 0 Å². The van der Waals surface area contributed by atoms with E-state index in [0.717, 1.165) is 31.9 Å². The van der Waals surface area contributed by atoms with Crippen molar-refractivity contribution < 1.29 is 4.74 Å². The van der Waals surface area contributed by atoms with Gasteiger partial charge in [-0.2, -0.15) is 0 Å². The van der Waals surface area contributed by atoms with Crippen molar-refractivity contribution in [2.75, 3.05) is 19.7 Å². The Hall–Kier alpha value is -1.02. The minimum Gasteiger partial charge on any atom is -0.494 e. The first-order valence-corrected chi connectivity index (χ1v) is 8.09. The standard InChI is InChI=1S/C18H31NO/c1-4-12-18(3,16-19-14-5-2)13-9-15-20-17-10-7-6-8-11-17/h6-8,10-11,19H,4-5,9,12-16H2,1-3H3. The van der Waals surface area contributed by atoms with Gasteiger partial charge in [0, 0.05) is 6.54 Å². The average molecular weight is 277 g/mol. The van der Waals surface area contributed by atoms with Gasteiger partial charge in [-0.15, -0.1) is 0 Å². The van der Waals surface area contributed by atoms with Crippen molar-refractivity contribution in [1.29, 1.82) is 0 Å². The molecular weight excluding hydrogens is 246 g/mol. The molecule has 20 heavy (non-hydrogen) atoms. The molecular formula is C18H31NO. The fourth-order valence-corrected chi connectivity index (χ4v) is 2.68. The minimum absolute atomic E-state index is 0.407. The summed E-state index contributed by atoms with van der Waals surface area (Å²) < 4.78 is 5.78. The predicted molar refractivity (Wildman–Crippen MR) is 87.3 cm³/mol. The van der Waals surface area contributed by atoms with Crippen molar-refractivity contribution in [2.45, 2.75) is 52.9 Å². The smallest absolute Gasteiger partial charge is 0.119 e. The third-order valence-electron chi connectivity index (χ3n) is 3.77. The van der Waals surface area contributed by atoms with Crippen LogP contribution in [0.3, 0.4) is 0 Å². The summed E-state index contributed by atoms with van der Waals surface area (Å²) in [5.41, 5.74) is 0.407. The Labute approximate surface area is 124 Å². The van der Waals surface area contributed by atoms with Crippen LogP contribution in [0.15, 0.2) is 30.3 Å². The van der Waals surface area contributed by atoms with Crippen LogP contribution in [0, 0.1) is 5.41 Å². The zero-order chi connectivity index (χ0) is 14.7. The first-order valence-electron chi connectivity index (χ1n) is 8.09. The molecule has 2 heteroatoms. The summed E-state index contributed by atoms with van der Waals surface area (Å²) in [6.45, 7) is 9.97. The highest BCUT2D eigenvalue weighted by molar-refractivity contribution is 5.20. The number of benzene rings is 1. The predicted octanol–water partition coefficient (Wildman–Crippen LogP) is 4.65. The normalized spacial score (nSPS) is 13.9. The zero-order valence-electron chi connectivity index (χ0n) is 13.5. The van der Waals surface area contributed by atoms with Crippen molar-refractivity contribution >= 4 is 0 Å². The van der Waals surface area contributed by atoms with Crippen molar-refractivity contribution in [2.24, 2.45) is 5.41 Å². The molecule has 0 fully saturated rings. The lowest BCUT2D eigenvalue weighted by Crippen LogP contribution is -2.32. The van der Waals surface area contributed by atoms with Crippen molar-refractivity contribution in [3.8, 4) is 5.75 Å². The molecule has 1 aromatic rings. The number of hydrogen-bond acceptors (Lipinski definition) is 2. The summed E-state index contributed by atoms with van der Waals surface area (Å²) in [5.74, 6) is 0.980. The van der Waals surface area contributed by atoms with E-state index in [0.29, 0.717) is 5.41 Å². The van der Waals surface area contributed by atoms with Gasteiger partial charge < -0.3 is 10.1 Å². The highest BCUT2D eigenvalue weighted by atomic mass is 16.5. The van der Waals surface area contributed by atoms with Crippen LogP contribution >= 0.6 is 0 Å². The van der Waals surface area contributed by atoms with Crippen LogP contribution < -0.4 is 10.1 Å². The van der Waals surface area contributed by atoms with E-state index < -0.39 is 0 Å². The molecule has 1 aromatic carbocycles. The van der Waals surface area contributed by atoms with Gasteiger partial charge in [0.05, 0.1) is 6.61 Å². The van der Waals surface area contributed by atoms with E-state index >= 15 is 0 Å². The van der Waals surface area contributed by atoms with Crippen LogP contribution in [0.5, 0.6) is 5.75 Å². The Kier molecular flexibility index (Phi) is 8.36. The highest BCUT2D eigenvalue weighted by Gasteiger charge is 2.22. The van der Waals surface area contributed by atoms with Crippen molar-refractivity contribution in [3.05, 3.63) is 30.3 Å². The van der Waals surface area contributed by atoms with Gasteiger partial charge in [-0.05, 0) is 49.8 Å². The van der Waals surface area contributed by atoms with E-state index in [1.165, 1.54) is 25.7 Å². The topological polar surface area (TPSA) is 21.3 Å². The van der Waals surface area contributed by atoms with Crippen molar-refractivity contribution in [1.82, 2.24) is 5.32 Å². The number of hydrogen-bond donors (Lipinski definition) is 1. The molecule has 0 heterocycles. The summed E-state index contributed by atoms with van der Waals surface area (Å²) in [6.07, 6.45) is 6.10. The maximum absolute atomic E-state index is 5.78. The molecule has 0 aromatic heterocycles. The van der Waals surface area contributed by atoms with E-state index in [-0.39, 0.29) is 0 Å². The fourth-order valence-electron chi connectivity index (χ4n) is 2.68. The van der Waals surface area contributed by atoms with Gasteiger partial charge in [-0.1, -0.05) is 45.4 Å². The van der Waals surface area contributed by atoms with E-state index in [4.69, 9.17) is 4.74 Å².